The van der Waals surface area contributed by atoms with E-state index in [0.29, 0.717) is 42.5 Å². The highest BCUT2D eigenvalue weighted by atomic mass is 32.2. The first-order chi connectivity index (χ1) is 14.9. The minimum Gasteiger partial charge on any atom is -0.480 e. The first-order valence-electron chi connectivity index (χ1n) is 10.0. The van der Waals surface area contributed by atoms with E-state index in [9.17, 15) is 24.7 Å². The van der Waals surface area contributed by atoms with E-state index in [2.05, 4.69) is 9.90 Å². The van der Waals surface area contributed by atoms with Crippen molar-refractivity contribution in [2.45, 2.75) is 42.8 Å². The van der Waals surface area contributed by atoms with Crippen molar-refractivity contribution in [1.82, 2.24) is 10.2 Å². The van der Waals surface area contributed by atoms with Crippen molar-refractivity contribution >= 4 is 23.8 Å². The van der Waals surface area contributed by atoms with Crippen LogP contribution < -0.4 is 5.32 Å². The molecule has 0 radical (unpaired) electrons. The Hall–Kier alpha value is -2.75. The maximum atomic E-state index is 13.0. The van der Waals surface area contributed by atoms with E-state index in [1.54, 1.807) is 55.5 Å². The van der Waals surface area contributed by atoms with Crippen molar-refractivity contribution in [3.63, 3.8) is 0 Å². The molecule has 1 heterocycles. The molecule has 0 spiro atoms. The van der Waals surface area contributed by atoms with Gasteiger partial charge in [0.05, 0.1) is 6.04 Å². The summed E-state index contributed by atoms with van der Waals surface area (Å²) in [6.45, 7) is 1.92. The fourth-order valence-electron chi connectivity index (χ4n) is 4.03. The molecule has 0 aliphatic carbocycles. The smallest absolute Gasteiger partial charge is 0.326 e. The van der Waals surface area contributed by atoms with Crippen molar-refractivity contribution in [2.24, 2.45) is 4.58 Å². The van der Waals surface area contributed by atoms with Crippen LogP contribution in [0.25, 0.3) is 0 Å². The van der Waals surface area contributed by atoms with Crippen molar-refractivity contribution in [2.75, 3.05) is 6.54 Å². The third kappa shape index (κ3) is 4.63. The van der Waals surface area contributed by atoms with Gasteiger partial charge in [-0.05, 0) is 30.9 Å². The standard InChI is InChI=1S/C22H25N3O5S/c1-15(19(26)25-14-8-13-18(25)20(27)28)23-21(29)22(31-24-30,16-9-4-2-5-10-16)17-11-6-3-7-12-17/h2-7,9-12,15,18,21,23,29H,8,13-14H2,1H3,(H,27,28)/t15-,18+,21?/m1/s1. The Morgan fingerprint density at radius 1 is 1.13 bits per heavy atom. The summed E-state index contributed by atoms with van der Waals surface area (Å²) in [5.74, 6) is -1.45. The first-order valence-corrected chi connectivity index (χ1v) is 10.8. The predicted molar refractivity (Wildman–Crippen MR) is 118 cm³/mol. The van der Waals surface area contributed by atoms with Crippen LogP contribution in [0.3, 0.4) is 0 Å². The van der Waals surface area contributed by atoms with Crippen LogP contribution >= 0.6 is 11.9 Å². The molecular formula is C22H25N3O5S. The highest BCUT2D eigenvalue weighted by Crippen LogP contribution is 2.45. The van der Waals surface area contributed by atoms with Gasteiger partial charge in [0, 0.05) is 23.1 Å². The van der Waals surface area contributed by atoms with Gasteiger partial charge in [0.15, 0.2) is 0 Å². The molecule has 31 heavy (non-hydrogen) atoms. The molecule has 8 nitrogen and oxygen atoms in total. The zero-order chi connectivity index (χ0) is 22.4. The molecule has 2 aromatic rings. The van der Waals surface area contributed by atoms with E-state index in [1.165, 1.54) is 4.90 Å². The number of amides is 1. The maximum Gasteiger partial charge on any atom is 0.326 e. The molecule has 3 N–H and O–H groups in total. The number of aliphatic hydroxyl groups is 1. The number of likely N-dealkylation sites (tertiary alicyclic amines) is 1. The number of nitrogens with zero attached hydrogens (tertiary/aromatic N) is 2. The molecule has 164 valence electrons. The Morgan fingerprint density at radius 2 is 1.68 bits per heavy atom. The number of benzene rings is 2. The van der Waals surface area contributed by atoms with Gasteiger partial charge in [-0.2, -0.15) is 0 Å². The van der Waals surface area contributed by atoms with Crippen molar-refractivity contribution < 1.29 is 19.8 Å². The van der Waals surface area contributed by atoms with Gasteiger partial charge >= 0.3 is 5.97 Å². The lowest BCUT2D eigenvalue weighted by Crippen LogP contribution is -2.56. The largest absolute Gasteiger partial charge is 0.480 e. The number of carbonyl (C=O) groups is 2. The van der Waals surface area contributed by atoms with Gasteiger partial charge in [-0.1, -0.05) is 60.7 Å². The molecule has 3 atom stereocenters. The molecule has 1 saturated heterocycles. The molecule has 1 unspecified atom stereocenters. The number of carboxylic acids is 1. The molecule has 3 rings (SSSR count). The number of hydrogen-bond donors (Lipinski definition) is 3. The highest BCUT2D eigenvalue weighted by molar-refractivity contribution is 7.99. The molecule has 1 aliphatic heterocycles. The van der Waals surface area contributed by atoms with Gasteiger partial charge in [0.2, 0.25) is 5.91 Å². The van der Waals surface area contributed by atoms with Crippen LogP contribution in [0.4, 0.5) is 0 Å². The number of aliphatic carboxylic acids is 1. The summed E-state index contributed by atoms with van der Waals surface area (Å²) in [5, 5.41) is 23.6. The van der Waals surface area contributed by atoms with E-state index in [0.717, 1.165) is 0 Å². The first kappa shape index (κ1) is 22.9. The third-order valence-corrected chi connectivity index (χ3v) is 6.63. The summed E-state index contributed by atoms with van der Waals surface area (Å²) in [6, 6.07) is 16.2. The van der Waals surface area contributed by atoms with Gasteiger partial charge in [-0.3, -0.25) is 10.1 Å². The van der Waals surface area contributed by atoms with Gasteiger partial charge in [-0.15, -0.1) is 4.91 Å². The monoisotopic (exact) mass is 443 g/mol. The number of rotatable bonds is 9. The summed E-state index contributed by atoms with van der Waals surface area (Å²) in [7, 11) is 0. The van der Waals surface area contributed by atoms with Gasteiger partial charge < -0.3 is 15.1 Å². The minimum atomic E-state index is -1.37. The van der Waals surface area contributed by atoms with Crippen molar-refractivity contribution in [3.8, 4) is 0 Å². The third-order valence-electron chi connectivity index (χ3n) is 5.57. The number of nitrogens with one attached hydrogen (secondary N) is 1. The average Bonchev–Trinajstić information content (AvgIpc) is 3.28. The number of nitroso groups, excluding NO2 is 1. The van der Waals surface area contributed by atoms with Crippen LogP contribution in [-0.2, 0) is 14.3 Å². The maximum absolute atomic E-state index is 13.0. The number of carbonyl (C=O) groups excluding carboxylic acids is 1. The SMILES string of the molecule is C[C@@H](NC(O)C(SN=O)(c1ccccc1)c1ccccc1)C(=O)N1CCC[C@H]1C(=O)O. The molecular weight excluding hydrogens is 418 g/mol. The lowest BCUT2D eigenvalue weighted by Gasteiger charge is -2.38. The molecule has 1 amide bonds. The molecule has 1 fully saturated rings. The van der Waals surface area contributed by atoms with Crippen molar-refractivity contribution in [3.05, 3.63) is 76.7 Å². The summed E-state index contributed by atoms with van der Waals surface area (Å²) in [4.78, 5) is 37.2. The average molecular weight is 444 g/mol. The summed E-state index contributed by atoms with van der Waals surface area (Å²) in [6.07, 6.45) is -0.357. The Morgan fingerprint density at radius 3 is 2.16 bits per heavy atom. The summed E-state index contributed by atoms with van der Waals surface area (Å²) >= 11 is 0.667. The number of aliphatic hydroxyl groups excluding tert-OH is 1. The Bertz CT molecular complexity index is 872. The van der Waals surface area contributed by atoms with E-state index < -0.39 is 34.9 Å². The molecule has 1 aliphatic rings. The molecule has 0 saturated carbocycles. The second kappa shape index (κ2) is 10.0. The second-order valence-electron chi connectivity index (χ2n) is 7.45. The lowest BCUT2D eigenvalue weighted by molar-refractivity contribution is -0.149. The molecule has 0 aromatic heterocycles. The van der Waals surface area contributed by atoms with Crippen LogP contribution in [0.5, 0.6) is 0 Å². The van der Waals surface area contributed by atoms with Crippen LogP contribution in [0.2, 0.25) is 0 Å². The van der Waals surface area contributed by atoms with Gasteiger partial charge in [-0.25, -0.2) is 4.79 Å². The van der Waals surface area contributed by atoms with Crippen LogP contribution in [-0.4, -0.2) is 51.8 Å². The molecule has 2 aromatic carbocycles. The Kier molecular flexibility index (Phi) is 7.42. The number of hydrogen-bond acceptors (Lipinski definition) is 7. The van der Waals surface area contributed by atoms with Crippen LogP contribution in [0, 0.1) is 4.91 Å². The van der Waals surface area contributed by atoms with Crippen molar-refractivity contribution in [1.29, 1.82) is 0 Å². The normalized spacial score (nSPS) is 18.4. The summed E-state index contributed by atoms with van der Waals surface area (Å²) < 4.78 is 1.73. The van der Waals surface area contributed by atoms with E-state index in [4.69, 9.17) is 0 Å². The number of carboxylic acid groups (broad SMARTS) is 1. The zero-order valence-corrected chi connectivity index (χ0v) is 17.9. The van der Waals surface area contributed by atoms with E-state index in [-0.39, 0.29) is 0 Å². The fourth-order valence-corrected chi connectivity index (χ4v) is 4.80. The molecule has 0 bridgehead atoms. The fraction of sp³-hybridized carbons (Fsp3) is 0.364. The highest BCUT2D eigenvalue weighted by Gasteiger charge is 2.45. The minimum absolute atomic E-state index is 0.352. The van der Waals surface area contributed by atoms with Crippen LogP contribution in [0.15, 0.2) is 65.2 Å². The van der Waals surface area contributed by atoms with Gasteiger partial charge in [0.1, 0.15) is 17.0 Å². The van der Waals surface area contributed by atoms with E-state index >= 15 is 0 Å². The van der Waals surface area contributed by atoms with E-state index in [1.807, 2.05) is 12.1 Å². The quantitative estimate of drug-likeness (QED) is 0.310. The van der Waals surface area contributed by atoms with Crippen LogP contribution in [0.1, 0.15) is 30.9 Å². The lowest BCUT2D eigenvalue weighted by atomic mass is 9.88. The summed E-state index contributed by atoms with van der Waals surface area (Å²) in [5.41, 5.74) is 1.27. The predicted octanol–water partition coefficient (Wildman–Crippen LogP) is 2.72. The Labute approximate surface area is 184 Å². The zero-order valence-electron chi connectivity index (χ0n) is 17.0. The van der Waals surface area contributed by atoms with Gasteiger partial charge in [0.25, 0.3) is 0 Å². The molecule has 9 heteroatoms. The topological polar surface area (TPSA) is 119 Å². The Balaban J connectivity index is 1.93. The second-order valence-corrected chi connectivity index (χ2v) is 8.43.